The van der Waals surface area contributed by atoms with Crippen molar-refractivity contribution in [3.05, 3.63) is 132 Å². The minimum Gasteiger partial charge on any atom is -0.507 e. The van der Waals surface area contributed by atoms with Gasteiger partial charge in [0, 0.05) is 17.5 Å². The number of H-pyrrole nitrogens is 1. The van der Waals surface area contributed by atoms with Gasteiger partial charge in [0.15, 0.2) is 0 Å². The summed E-state index contributed by atoms with van der Waals surface area (Å²) in [6, 6.07) is 36.4. The van der Waals surface area contributed by atoms with Crippen molar-refractivity contribution < 1.29 is 5.11 Å². The molecular weight excluding hydrogens is 380 g/mol. The molecule has 3 nitrogen and oxygen atoms in total. The number of rotatable bonds is 5. The zero-order valence-corrected chi connectivity index (χ0v) is 16.9. The number of aromatic nitrogens is 2. The molecule has 1 atom stereocenters. The van der Waals surface area contributed by atoms with Gasteiger partial charge < -0.3 is 10.1 Å². The first-order valence-corrected chi connectivity index (χ1v) is 10.3. The predicted molar refractivity (Wildman–Crippen MR) is 125 cm³/mol. The van der Waals surface area contributed by atoms with Crippen LogP contribution >= 0.6 is 0 Å². The largest absolute Gasteiger partial charge is 0.507 e. The van der Waals surface area contributed by atoms with Crippen LogP contribution in [-0.2, 0) is 0 Å². The van der Waals surface area contributed by atoms with Crippen LogP contribution in [0.1, 0.15) is 22.7 Å². The second kappa shape index (κ2) is 8.33. The Bertz CT molecular complexity index is 1290. The van der Waals surface area contributed by atoms with Gasteiger partial charge in [-0.05, 0) is 59.2 Å². The molecule has 0 saturated carbocycles. The number of aromatic amines is 1. The number of hydrogen-bond donors (Lipinski definition) is 2. The molecule has 2 N–H and O–H groups in total. The molecule has 31 heavy (non-hydrogen) atoms. The van der Waals surface area contributed by atoms with Crippen molar-refractivity contribution in [2.24, 2.45) is 0 Å². The summed E-state index contributed by atoms with van der Waals surface area (Å²) in [5.74, 6) is 0.207. The van der Waals surface area contributed by atoms with Crippen molar-refractivity contribution in [2.45, 2.75) is 5.92 Å². The highest BCUT2D eigenvalue weighted by molar-refractivity contribution is 5.67. The van der Waals surface area contributed by atoms with Crippen molar-refractivity contribution in [3.63, 3.8) is 0 Å². The topological polar surface area (TPSA) is 48.9 Å². The molecular formula is C28H22N2O. The molecule has 3 heteroatoms. The summed E-state index contributed by atoms with van der Waals surface area (Å²) in [6.45, 7) is 0. The van der Waals surface area contributed by atoms with E-state index in [2.05, 4.69) is 65.6 Å². The Kier molecular flexibility index (Phi) is 5.07. The van der Waals surface area contributed by atoms with Gasteiger partial charge in [-0.3, -0.25) is 4.98 Å². The molecule has 2 aromatic heterocycles. The molecule has 150 valence electrons. The number of hydrogen-bond acceptors (Lipinski definition) is 2. The first-order chi connectivity index (χ1) is 15.3. The number of benzene rings is 3. The van der Waals surface area contributed by atoms with Crippen LogP contribution < -0.4 is 0 Å². The van der Waals surface area contributed by atoms with Crippen LogP contribution in [-0.4, -0.2) is 15.1 Å². The van der Waals surface area contributed by atoms with Gasteiger partial charge in [0.2, 0.25) is 0 Å². The van der Waals surface area contributed by atoms with Gasteiger partial charge in [-0.15, -0.1) is 0 Å². The molecule has 0 aliphatic carbocycles. The first-order valence-electron chi connectivity index (χ1n) is 10.3. The molecule has 0 aliphatic rings. The number of phenolic OH excluding ortho intramolecular Hbond substituents is 1. The Hall–Kier alpha value is -4.11. The van der Waals surface area contributed by atoms with Crippen LogP contribution in [0.4, 0.5) is 0 Å². The van der Waals surface area contributed by atoms with Gasteiger partial charge in [0.1, 0.15) is 5.75 Å². The second-order valence-corrected chi connectivity index (χ2v) is 7.52. The maximum Gasteiger partial charge on any atom is 0.124 e. The lowest BCUT2D eigenvalue weighted by Gasteiger charge is -2.19. The molecule has 5 rings (SSSR count). The summed E-state index contributed by atoms with van der Waals surface area (Å²) in [4.78, 5) is 8.27. The lowest BCUT2D eigenvalue weighted by Crippen LogP contribution is -2.06. The highest BCUT2D eigenvalue weighted by atomic mass is 16.3. The van der Waals surface area contributed by atoms with E-state index in [0.717, 1.165) is 28.2 Å². The maximum atomic E-state index is 10.3. The van der Waals surface area contributed by atoms with Crippen LogP contribution in [0.25, 0.3) is 22.5 Å². The van der Waals surface area contributed by atoms with Crippen molar-refractivity contribution in [3.8, 4) is 28.3 Å². The number of nitrogens with zero attached hydrogens (tertiary/aromatic N) is 1. The Morgan fingerprint density at radius 2 is 1.45 bits per heavy atom. The zero-order valence-electron chi connectivity index (χ0n) is 16.9. The Balaban J connectivity index is 1.65. The number of para-hydroxylation sites is 1. The van der Waals surface area contributed by atoms with Crippen LogP contribution in [0.3, 0.4) is 0 Å². The molecule has 0 saturated heterocycles. The van der Waals surface area contributed by atoms with Crippen LogP contribution in [0.5, 0.6) is 5.75 Å². The molecule has 2 heterocycles. The number of nitrogens with one attached hydrogen (secondary N) is 1. The molecule has 3 aromatic carbocycles. The highest BCUT2D eigenvalue weighted by Crippen LogP contribution is 2.35. The smallest absolute Gasteiger partial charge is 0.124 e. The van der Waals surface area contributed by atoms with Crippen molar-refractivity contribution >= 4 is 0 Å². The molecule has 0 aliphatic heterocycles. The van der Waals surface area contributed by atoms with Crippen LogP contribution in [0.15, 0.2) is 115 Å². The van der Waals surface area contributed by atoms with E-state index in [4.69, 9.17) is 4.98 Å². The predicted octanol–water partition coefficient (Wildman–Crippen LogP) is 6.63. The molecule has 1 unspecified atom stereocenters. The lowest BCUT2D eigenvalue weighted by molar-refractivity contribution is 0.477. The maximum absolute atomic E-state index is 10.3. The molecule has 5 aromatic rings. The normalized spacial score (nSPS) is 11.9. The van der Waals surface area contributed by atoms with E-state index < -0.39 is 0 Å². The monoisotopic (exact) mass is 402 g/mol. The van der Waals surface area contributed by atoms with Crippen molar-refractivity contribution in [2.75, 3.05) is 0 Å². The zero-order chi connectivity index (χ0) is 21.0. The minimum atomic E-state index is -0.0260. The quantitative estimate of drug-likeness (QED) is 0.347. The SMILES string of the molecule is Oc1ccccc1-c1cccc(C(c2ccccc2)c2cccc(-c3ccc[nH]3)c2)n1. The van der Waals surface area contributed by atoms with E-state index in [9.17, 15) is 5.11 Å². The molecule has 0 fully saturated rings. The summed E-state index contributed by atoms with van der Waals surface area (Å²) >= 11 is 0. The van der Waals surface area contributed by atoms with Gasteiger partial charge in [0.05, 0.1) is 17.3 Å². The summed E-state index contributed by atoms with van der Waals surface area (Å²) < 4.78 is 0. The van der Waals surface area contributed by atoms with Crippen molar-refractivity contribution in [1.29, 1.82) is 0 Å². The minimum absolute atomic E-state index is 0.0260. The summed E-state index contributed by atoms with van der Waals surface area (Å²) in [7, 11) is 0. The molecule has 0 spiro atoms. The van der Waals surface area contributed by atoms with E-state index >= 15 is 0 Å². The van der Waals surface area contributed by atoms with E-state index in [1.165, 1.54) is 11.1 Å². The fourth-order valence-electron chi connectivity index (χ4n) is 4.03. The first kappa shape index (κ1) is 18.9. The van der Waals surface area contributed by atoms with Gasteiger partial charge in [0.25, 0.3) is 0 Å². The Morgan fingerprint density at radius 1 is 0.677 bits per heavy atom. The van der Waals surface area contributed by atoms with E-state index in [0.29, 0.717) is 0 Å². The summed E-state index contributed by atoms with van der Waals surface area (Å²) in [5, 5.41) is 10.3. The third kappa shape index (κ3) is 3.86. The third-order valence-electron chi connectivity index (χ3n) is 5.51. The number of pyridine rings is 1. The Labute approximate surface area is 181 Å². The number of aromatic hydroxyl groups is 1. The summed E-state index contributed by atoms with van der Waals surface area (Å²) in [5.41, 5.74) is 7.00. The van der Waals surface area contributed by atoms with Gasteiger partial charge in [-0.2, -0.15) is 0 Å². The molecule has 0 amide bonds. The van der Waals surface area contributed by atoms with Gasteiger partial charge >= 0.3 is 0 Å². The number of phenols is 1. The third-order valence-corrected chi connectivity index (χ3v) is 5.51. The van der Waals surface area contributed by atoms with Crippen LogP contribution in [0.2, 0.25) is 0 Å². The lowest BCUT2D eigenvalue weighted by atomic mass is 9.87. The van der Waals surface area contributed by atoms with Gasteiger partial charge in [-0.1, -0.05) is 66.7 Å². The average molecular weight is 402 g/mol. The van der Waals surface area contributed by atoms with Gasteiger partial charge in [-0.25, -0.2) is 0 Å². The standard InChI is InChI=1S/C28H22N2O/c31-27-17-5-4-13-23(27)25-14-7-15-26(30-25)28(20-9-2-1-3-10-20)22-12-6-11-21(19-22)24-16-8-18-29-24/h1-19,28-29,31H. The van der Waals surface area contributed by atoms with E-state index in [1.54, 1.807) is 6.07 Å². The van der Waals surface area contributed by atoms with Crippen LogP contribution in [0, 0.1) is 0 Å². The van der Waals surface area contributed by atoms with E-state index in [-0.39, 0.29) is 11.7 Å². The highest BCUT2D eigenvalue weighted by Gasteiger charge is 2.20. The summed E-state index contributed by atoms with van der Waals surface area (Å²) in [6.07, 6.45) is 1.94. The average Bonchev–Trinajstić information content (AvgIpc) is 3.36. The molecule has 0 bridgehead atoms. The molecule has 0 radical (unpaired) electrons. The van der Waals surface area contributed by atoms with E-state index in [1.807, 2.05) is 48.7 Å². The van der Waals surface area contributed by atoms with Crippen molar-refractivity contribution in [1.82, 2.24) is 9.97 Å². The Morgan fingerprint density at radius 3 is 2.26 bits per heavy atom. The fourth-order valence-corrected chi connectivity index (χ4v) is 4.03. The second-order valence-electron chi connectivity index (χ2n) is 7.52. The fraction of sp³-hybridized carbons (Fsp3) is 0.0357.